The highest BCUT2D eigenvalue weighted by Gasteiger charge is 2.47. The van der Waals surface area contributed by atoms with Crippen LogP contribution in [-0.4, -0.2) is 81.6 Å². The zero-order chi connectivity index (χ0) is 19.6. The molecule has 2 aliphatic heterocycles. The third kappa shape index (κ3) is 4.21. The van der Waals surface area contributed by atoms with Crippen LogP contribution in [0.3, 0.4) is 0 Å². The quantitative estimate of drug-likeness (QED) is 0.713. The molecule has 0 saturated carbocycles. The smallest absolute Gasteiger partial charge is 0.227 e. The van der Waals surface area contributed by atoms with Crippen LogP contribution in [0.4, 0.5) is 0 Å². The highest BCUT2D eigenvalue weighted by Crippen LogP contribution is 2.30. The Morgan fingerprint density at radius 2 is 1.81 bits per heavy atom. The van der Waals surface area contributed by atoms with E-state index in [4.69, 9.17) is 9.47 Å². The molecule has 0 radical (unpaired) electrons. The first-order valence-electron chi connectivity index (χ1n) is 9.33. The molecule has 0 bridgehead atoms. The Bertz CT molecular complexity index is 795. The third-order valence-corrected chi connectivity index (χ3v) is 7.12. The molecule has 1 amide bonds. The van der Waals surface area contributed by atoms with E-state index in [2.05, 4.69) is 11.8 Å². The molecule has 8 heteroatoms. The highest BCUT2D eigenvalue weighted by molar-refractivity contribution is 7.91. The molecule has 3 rings (SSSR count). The van der Waals surface area contributed by atoms with Crippen LogP contribution in [0.15, 0.2) is 18.2 Å². The van der Waals surface area contributed by atoms with Gasteiger partial charge in [-0.1, -0.05) is 13.0 Å². The summed E-state index contributed by atoms with van der Waals surface area (Å²) < 4.78 is 35.0. The Hall–Kier alpha value is -1.80. The summed E-state index contributed by atoms with van der Waals surface area (Å²) in [6.07, 6.45) is 1.19. The number of carbonyl (C=O) groups is 1. The molecule has 0 aromatic heterocycles. The fraction of sp³-hybridized carbons (Fsp3) is 0.632. The predicted octanol–water partition coefficient (Wildman–Crippen LogP) is 0.966. The minimum atomic E-state index is -3.11. The molecule has 150 valence electrons. The maximum absolute atomic E-state index is 13.0. The van der Waals surface area contributed by atoms with E-state index < -0.39 is 9.84 Å². The minimum Gasteiger partial charge on any atom is -0.493 e. The summed E-state index contributed by atoms with van der Waals surface area (Å²) in [6, 6.07) is 5.09. The van der Waals surface area contributed by atoms with Gasteiger partial charge < -0.3 is 14.4 Å². The minimum absolute atomic E-state index is 0.0366. The highest BCUT2D eigenvalue weighted by atomic mass is 32.2. The van der Waals surface area contributed by atoms with E-state index in [0.717, 1.165) is 25.1 Å². The van der Waals surface area contributed by atoms with Crippen molar-refractivity contribution in [1.82, 2.24) is 9.80 Å². The van der Waals surface area contributed by atoms with Gasteiger partial charge in [-0.2, -0.15) is 0 Å². The van der Waals surface area contributed by atoms with Crippen molar-refractivity contribution in [1.29, 1.82) is 0 Å². The van der Waals surface area contributed by atoms with Crippen molar-refractivity contribution in [2.75, 3.05) is 45.4 Å². The van der Waals surface area contributed by atoms with Crippen LogP contribution in [0.5, 0.6) is 11.5 Å². The monoisotopic (exact) mass is 396 g/mol. The van der Waals surface area contributed by atoms with Crippen molar-refractivity contribution in [2.24, 2.45) is 0 Å². The van der Waals surface area contributed by atoms with Crippen molar-refractivity contribution in [3.63, 3.8) is 0 Å². The second-order valence-corrected chi connectivity index (χ2v) is 9.35. The van der Waals surface area contributed by atoms with Crippen LogP contribution in [0.25, 0.3) is 0 Å². The SMILES string of the molecule is CCCN1CCN(C(=O)Cc2ccc(OC)c(OC)c2)[C@H]2CS(=O)(=O)C[C@H]21. The average Bonchev–Trinajstić information content (AvgIpc) is 2.97. The summed E-state index contributed by atoms with van der Waals surface area (Å²) >= 11 is 0. The van der Waals surface area contributed by atoms with Gasteiger partial charge in [0.25, 0.3) is 0 Å². The fourth-order valence-corrected chi connectivity index (χ4v) is 6.18. The lowest BCUT2D eigenvalue weighted by molar-refractivity contribution is -0.136. The third-order valence-electron chi connectivity index (χ3n) is 5.43. The number of piperazine rings is 1. The maximum Gasteiger partial charge on any atom is 0.227 e. The largest absolute Gasteiger partial charge is 0.493 e. The van der Waals surface area contributed by atoms with Gasteiger partial charge in [0, 0.05) is 19.1 Å². The molecule has 0 unspecified atom stereocenters. The molecule has 2 fully saturated rings. The number of ether oxygens (including phenoxy) is 2. The van der Waals surface area contributed by atoms with Gasteiger partial charge in [-0.25, -0.2) is 8.42 Å². The van der Waals surface area contributed by atoms with E-state index in [-0.39, 0.29) is 35.9 Å². The number of rotatable bonds is 6. The Morgan fingerprint density at radius 3 is 2.48 bits per heavy atom. The van der Waals surface area contributed by atoms with Crippen LogP contribution in [0.2, 0.25) is 0 Å². The van der Waals surface area contributed by atoms with Gasteiger partial charge in [-0.15, -0.1) is 0 Å². The lowest BCUT2D eigenvalue weighted by Gasteiger charge is -2.44. The van der Waals surface area contributed by atoms with E-state index in [1.807, 2.05) is 6.07 Å². The Balaban J connectivity index is 1.77. The number of hydrogen-bond acceptors (Lipinski definition) is 6. The number of carbonyl (C=O) groups excluding carboxylic acids is 1. The molecular formula is C19H28N2O5S. The zero-order valence-corrected chi connectivity index (χ0v) is 17.0. The fourth-order valence-electron chi connectivity index (χ4n) is 4.17. The lowest BCUT2D eigenvalue weighted by atomic mass is 10.0. The van der Waals surface area contributed by atoms with Crippen LogP contribution >= 0.6 is 0 Å². The van der Waals surface area contributed by atoms with Gasteiger partial charge in [0.1, 0.15) is 0 Å². The maximum atomic E-state index is 13.0. The number of fused-ring (bicyclic) bond motifs is 1. The summed E-state index contributed by atoms with van der Waals surface area (Å²) in [5.41, 5.74) is 0.825. The van der Waals surface area contributed by atoms with Crippen molar-refractivity contribution < 1.29 is 22.7 Å². The summed E-state index contributed by atoms with van der Waals surface area (Å²) in [6.45, 7) is 4.26. The summed E-state index contributed by atoms with van der Waals surface area (Å²) in [4.78, 5) is 17.0. The molecule has 0 N–H and O–H groups in total. The van der Waals surface area contributed by atoms with E-state index in [0.29, 0.717) is 18.0 Å². The number of benzene rings is 1. The van der Waals surface area contributed by atoms with Gasteiger partial charge in [0.15, 0.2) is 21.3 Å². The Kier molecular flexibility index (Phi) is 5.95. The Morgan fingerprint density at radius 1 is 1.11 bits per heavy atom. The van der Waals surface area contributed by atoms with E-state index in [1.165, 1.54) is 0 Å². The first-order valence-corrected chi connectivity index (χ1v) is 11.2. The molecule has 0 aliphatic carbocycles. The van der Waals surface area contributed by atoms with E-state index >= 15 is 0 Å². The van der Waals surface area contributed by atoms with Crippen molar-refractivity contribution >= 4 is 15.7 Å². The molecule has 2 atom stereocenters. The predicted molar refractivity (Wildman–Crippen MR) is 103 cm³/mol. The van der Waals surface area contributed by atoms with Gasteiger partial charge in [0.2, 0.25) is 5.91 Å². The standard InChI is InChI=1S/C19H28N2O5S/c1-4-7-20-8-9-21(16-13-27(23,24)12-15(16)20)19(22)11-14-5-6-17(25-2)18(10-14)26-3/h5-6,10,15-16H,4,7-9,11-13H2,1-3H3/t15-,16+/m1/s1. The topological polar surface area (TPSA) is 76.2 Å². The van der Waals surface area contributed by atoms with E-state index in [9.17, 15) is 13.2 Å². The van der Waals surface area contributed by atoms with Gasteiger partial charge in [0.05, 0.1) is 38.2 Å². The molecular weight excluding hydrogens is 368 g/mol. The average molecular weight is 397 g/mol. The normalized spacial score (nSPS) is 24.5. The molecule has 2 saturated heterocycles. The van der Waals surface area contributed by atoms with Crippen LogP contribution in [0, 0.1) is 0 Å². The van der Waals surface area contributed by atoms with Gasteiger partial charge >= 0.3 is 0 Å². The number of methoxy groups -OCH3 is 2. The summed E-state index contributed by atoms with van der Waals surface area (Å²) in [5, 5.41) is 0. The van der Waals surface area contributed by atoms with Crippen molar-refractivity contribution in [2.45, 2.75) is 31.8 Å². The molecule has 2 heterocycles. The number of amides is 1. The van der Waals surface area contributed by atoms with Crippen LogP contribution in [0.1, 0.15) is 18.9 Å². The first kappa shape index (κ1) is 19.9. The first-order chi connectivity index (χ1) is 12.9. The molecule has 27 heavy (non-hydrogen) atoms. The van der Waals surface area contributed by atoms with Crippen molar-refractivity contribution in [3.05, 3.63) is 23.8 Å². The van der Waals surface area contributed by atoms with Gasteiger partial charge in [-0.05, 0) is 30.7 Å². The Labute approximate surface area is 161 Å². The van der Waals surface area contributed by atoms with Crippen molar-refractivity contribution in [3.8, 4) is 11.5 Å². The molecule has 2 aliphatic rings. The molecule has 7 nitrogen and oxygen atoms in total. The van der Waals surface area contributed by atoms with Crippen LogP contribution in [-0.2, 0) is 21.1 Å². The number of hydrogen-bond donors (Lipinski definition) is 0. The van der Waals surface area contributed by atoms with E-state index in [1.54, 1.807) is 31.3 Å². The summed E-state index contributed by atoms with van der Waals surface area (Å²) in [7, 11) is 0.0174. The summed E-state index contributed by atoms with van der Waals surface area (Å²) in [5.74, 6) is 1.37. The lowest BCUT2D eigenvalue weighted by Crippen LogP contribution is -2.60. The van der Waals surface area contributed by atoms with Crippen LogP contribution < -0.4 is 9.47 Å². The molecule has 1 aromatic rings. The van der Waals surface area contributed by atoms with Gasteiger partial charge in [-0.3, -0.25) is 9.69 Å². The molecule has 0 spiro atoms. The molecule has 1 aromatic carbocycles. The number of nitrogens with zero attached hydrogens (tertiary/aromatic N) is 2. The second-order valence-electron chi connectivity index (χ2n) is 7.20. The second kappa shape index (κ2) is 8.06. The number of sulfone groups is 1. The zero-order valence-electron chi connectivity index (χ0n) is 16.2.